The van der Waals surface area contributed by atoms with Gasteiger partial charge in [-0.25, -0.2) is 15.0 Å². The fraction of sp³-hybridized carbons (Fsp3) is 0.382. The van der Waals surface area contributed by atoms with Crippen molar-refractivity contribution in [3.8, 4) is 0 Å². The van der Waals surface area contributed by atoms with Crippen molar-refractivity contribution in [3.05, 3.63) is 89.9 Å². The van der Waals surface area contributed by atoms with Crippen LogP contribution in [0.1, 0.15) is 60.3 Å². The molecule has 0 radical (unpaired) electrons. The molecule has 5 aliphatic heterocycles. The Hall–Kier alpha value is -4.06. The first-order valence-corrected chi connectivity index (χ1v) is 15.8. The number of hydrogen-bond donors (Lipinski definition) is 2. The van der Waals surface area contributed by atoms with Gasteiger partial charge in [0.2, 0.25) is 5.76 Å². The quantitative estimate of drug-likeness (QED) is 0.234. The predicted molar refractivity (Wildman–Crippen MR) is 172 cm³/mol. The van der Waals surface area contributed by atoms with Crippen LogP contribution in [0.25, 0.3) is 0 Å². The second-order valence-corrected chi connectivity index (χ2v) is 12.8. The summed E-state index contributed by atoms with van der Waals surface area (Å²) in [4.78, 5) is 40.1. The molecular weight excluding hydrogens is 665 g/mol. The number of carbonyl (C=O) groups is 2. The van der Waals surface area contributed by atoms with Gasteiger partial charge in [-0.15, -0.1) is 0 Å². The van der Waals surface area contributed by atoms with Crippen LogP contribution in [0.5, 0.6) is 0 Å². The van der Waals surface area contributed by atoms with Crippen LogP contribution in [-0.2, 0) is 14.3 Å². The van der Waals surface area contributed by atoms with E-state index in [-0.39, 0.29) is 53.4 Å². The summed E-state index contributed by atoms with van der Waals surface area (Å²) < 4.78 is 47.3. The van der Waals surface area contributed by atoms with Crippen LogP contribution in [0.2, 0.25) is 0 Å². The molecule has 0 spiro atoms. The number of allylic oxidation sites excluding steroid dienone is 13. The highest BCUT2D eigenvalue weighted by atomic mass is 79.9. The van der Waals surface area contributed by atoms with E-state index in [2.05, 4.69) is 26.2 Å². The number of nitrogens with one attached hydrogen (secondary N) is 1. The number of hydrogen-bond acceptors (Lipinski definition) is 8. The van der Waals surface area contributed by atoms with Gasteiger partial charge < -0.3 is 15.2 Å². The highest BCUT2D eigenvalue weighted by Gasteiger charge is 2.45. The summed E-state index contributed by atoms with van der Waals surface area (Å²) in [6.07, 6.45) is -0.492. The smallest absolute Gasteiger partial charge is 0.449 e. The fourth-order valence-corrected chi connectivity index (χ4v) is 7.84. The van der Waals surface area contributed by atoms with Crippen molar-refractivity contribution in [3.63, 3.8) is 0 Å². The average Bonchev–Trinajstić information content (AvgIpc) is 3.76. The molecule has 46 heavy (non-hydrogen) atoms. The number of fused-ring (bicyclic) bond motifs is 5. The number of carbonyl (C=O) groups excluding carboxylic acids is 2. The number of alkyl halides is 3. The predicted octanol–water partition coefficient (Wildman–Crippen LogP) is 7.47. The van der Waals surface area contributed by atoms with Gasteiger partial charge in [-0.3, -0.25) is 9.59 Å². The molecule has 6 aliphatic rings. The van der Waals surface area contributed by atoms with E-state index in [1.807, 2.05) is 33.8 Å². The molecule has 8 bridgehead atoms. The molecule has 1 saturated carbocycles. The Morgan fingerprint density at radius 3 is 2.39 bits per heavy atom. The van der Waals surface area contributed by atoms with Crippen LogP contribution in [0.3, 0.4) is 0 Å². The fourth-order valence-electron chi connectivity index (χ4n) is 7.00. The van der Waals surface area contributed by atoms with Crippen LogP contribution in [-0.4, -0.2) is 47.3 Å². The first kappa shape index (κ1) is 31.9. The third-order valence-electron chi connectivity index (χ3n) is 9.50. The number of aliphatic hydroxyl groups is 1. The summed E-state index contributed by atoms with van der Waals surface area (Å²) in [6.45, 7) is 9.10. The number of methoxy groups -OCH3 is 1. The summed E-state index contributed by atoms with van der Waals surface area (Å²) in [7, 11) is 1.32. The van der Waals surface area contributed by atoms with Crippen molar-refractivity contribution in [1.29, 1.82) is 0 Å². The van der Waals surface area contributed by atoms with Gasteiger partial charge in [-0.2, -0.15) is 13.2 Å². The molecular formula is C34H32BrF3N4O4. The molecule has 0 aromatic carbocycles. The first-order chi connectivity index (χ1) is 21.7. The molecule has 240 valence electrons. The molecule has 6 rings (SSSR count). The van der Waals surface area contributed by atoms with E-state index in [1.165, 1.54) is 20.1 Å². The first-order valence-electron chi connectivity index (χ1n) is 15.0. The molecule has 0 amide bonds. The monoisotopic (exact) mass is 696 g/mol. The van der Waals surface area contributed by atoms with Gasteiger partial charge in [0.15, 0.2) is 5.78 Å². The maximum atomic E-state index is 14.0. The normalized spacial score (nSPS) is 25.3. The number of ketones is 1. The Morgan fingerprint density at radius 1 is 1.07 bits per heavy atom. The van der Waals surface area contributed by atoms with Gasteiger partial charge in [0.25, 0.3) is 0 Å². The van der Waals surface area contributed by atoms with Gasteiger partial charge in [-0.05, 0) is 84.0 Å². The maximum Gasteiger partial charge on any atom is 0.449 e. The number of aliphatic imine (C=N–C) groups is 3. The number of halogens is 4. The molecule has 2 atom stereocenters. The molecule has 2 N–H and O–H groups in total. The molecule has 1 aliphatic carbocycles. The topological polar surface area (TPSA) is 113 Å². The number of ether oxygens (including phenoxy) is 1. The zero-order valence-corrected chi connectivity index (χ0v) is 27.7. The Labute approximate surface area is 272 Å². The summed E-state index contributed by atoms with van der Waals surface area (Å²) in [6, 6.07) is 0. The van der Waals surface area contributed by atoms with Crippen LogP contribution < -0.4 is 5.32 Å². The van der Waals surface area contributed by atoms with Gasteiger partial charge in [0.05, 0.1) is 51.4 Å². The number of esters is 1. The molecule has 0 aromatic rings. The molecule has 12 heteroatoms. The molecule has 0 aromatic heterocycles. The summed E-state index contributed by atoms with van der Waals surface area (Å²) >= 11 is 3.64. The van der Waals surface area contributed by atoms with Crippen molar-refractivity contribution in [2.24, 2.45) is 26.8 Å². The summed E-state index contributed by atoms with van der Waals surface area (Å²) in [5.41, 5.74) is 7.08. The minimum Gasteiger partial charge on any atom is -0.504 e. The van der Waals surface area contributed by atoms with Crippen molar-refractivity contribution in [2.75, 3.05) is 7.11 Å². The standard InChI is InChI=1S/C34H32BrF3N4O4/c1-7-17-13(2)20-12-23-26(33(45)34(36,37)38)16(5)30(41-23)28(35)29-14(3)18(8-9-25(44)46-6)31(42-29)19-10-24(43)27-15(4)21(40-32(19)27)11-22(17)39-20/h11-12,14,18,42,45H,7-10H2,1-6H3/b20-12?,21-11?,29-28?,31-19?,33-26-/t14-,18-/m0/s1. The maximum absolute atomic E-state index is 14.0. The molecule has 1 saturated heterocycles. The summed E-state index contributed by atoms with van der Waals surface area (Å²) in [5.74, 6) is -2.71. The number of nitrogens with zero attached hydrogens (tertiary/aromatic N) is 3. The molecule has 5 heterocycles. The van der Waals surface area contributed by atoms with Crippen LogP contribution in [0.4, 0.5) is 13.2 Å². The van der Waals surface area contributed by atoms with Crippen LogP contribution in [0, 0.1) is 11.8 Å². The Bertz CT molecular complexity index is 1890. The van der Waals surface area contributed by atoms with E-state index in [9.17, 15) is 27.9 Å². The number of rotatable bonds is 4. The Morgan fingerprint density at radius 2 is 1.74 bits per heavy atom. The van der Waals surface area contributed by atoms with Crippen molar-refractivity contribution < 1.29 is 32.6 Å². The minimum atomic E-state index is -5.01. The van der Waals surface area contributed by atoms with E-state index in [0.717, 1.165) is 28.0 Å². The van der Waals surface area contributed by atoms with E-state index in [1.54, 1.807) is 0 Å². The van der Waals surface area contributed by atoms with Crippen molar-refractivity contribution in [2.45, 2.75) is 66.5 Å². The van der Waals surface area contributed by atoms with Crippen LogP contribution in [0.15, 0.2) is 105 Å². The largest absolute Gasteiger partial charge is 0.504 e. The second kappa shape index (κ2) is 11.3. The highest BCUT2D eigenvalue weighted by molar-refractivity contribution is 9.12. The molecule has 0 unspecified atom stereocenters. The van der Waals surface area contributed by atoms with Crippen LogP contribution >= 0.6 is 15.9 Å². The summed E-state index contributed by atoms with van der Waals surface area (Å²) in [5, 5.41) is 14.0. The lowest BCUT2D eigenvalue weighted by Gasteiger charge is -2.17. The number of Topliss-reactive ketones (excluding diaryl/α,β-unsaturated/α-hetero) is 1. The number of aliphatic hydroxyl groups excluding tert-OH is 1. The third-order valence-corrected chi connectivity index (χ3v) is 10.3. The van der Waals surface area contributed by atoms with Crippen molar-refractivity contribution in [1.82, 2.24) is 5.32 Å². The minimum absolute atomic E-state index is 0.0571. The zero-order valence-electron chi connectivity index (χ0n) is 26.2. The second-order valence-electron chi connectivity index (χ2n) is 12.0. The lowest BCUT2D eigenvalue weighted by atomic mass is 9.86. The van der Waals surface area contributed by atoms with E-state index >= 15 is 0 Å². The third kappa shape index (κ3) is 4.92. The zero-order chi connectivity index (χ0) is 33.4. The van der Waals surface area contributed by atoms with Gasteiger partial charge in [0, 0.05) is 47.2 Å². The average molecular weight is 698 g/mol. The SMILES string of the molecule is CCC1=C(C)C2=CC3=NC(=C(C)/C3=C(/O)C(F)(F)F)C(Br)=C3NC(=C4CC(=O)C5=C(C)C(=CC1=N2)N=C45)[C@@H](CCC(=O)OC)[C@@H]3C. The van der Waals surface area contributed by atoms with Gasteiger partial charge >= 0.3 is 12.1 Å². The van der Waals surface area contributed by atoms with Gasteiger partial charge in [0.1, 0.15) is 0 Å². The van der Waals surface area contributed by atoms with E-state index in [4.69, 9.17) is 14.7 Å². The van der Waals surface area contributed by atoms with Crippen molar-refractivity contribution >= 4 is 44.8 Å². The van der Waals surface area contributed by atoms with E-state index < -0.39 is 17.5 Å². The Kier molecular flexibility index (Phi) is 7.85. The van der Waals surface area contributed by atoms with E-state index in [0.29, 0.717) is 51.4 Å². The van der Waals surface area contributed by atoms with Gasteiger partial charge in [-0.1, -0.05) is 13.8 Å². The highest BCUT2D eigenvalue weighted by Crippen LogP contribution is 2.48. The Balaban J connectivity index is 1.67. The lowest BCUT2D eigenvalue weighted by Crippen LogP contribution is -2.17. The lowest BCUT2D eigenvalue weighted by molar-refractivity contribution is -0.141. The molecule has 2 fully saturated rings. The molecule has 8 nitrogen and oxygen atoms in total.